The lowest BCUT2D eigenvalue weighted by Crippen LogP contribution is -2.06. The molecule has 3 aromatic heterocycles. The van der Waals surface area contributed by atoms with Crippen molar-refractivity contribution < 1.29 is 0 Å². The van der Waals surface area contributed by atoms with Gasteiger partial charge >= 0.3 is 0 Å². The first-order chi connectivity index (χ1) is 25.2. The van der Waals surface area contributed by atoms with Crippen LogP contribution in [0.2, 0.25) is 0 Å². The zero-order valence-electron chi connectivity index (χ0n) is 28.0. The van der Waals surface area contributed by atoms with Crippen molar-refractivity contribution in [2.75, 3.05) is 0 Å². The van der Waals surface area contributed by atoms with Gasteiger partial charge in [0.1, 0.15) is 0 Å². The number of para-hydroxylation sites is 2. The van der Waals surface area contributed by atoms with E-state index < -0.39 is 0 Å². The minimum Gasteiger partial charge on any atom is -0.316 e. The molecule has 51 heavy (non-hydrogen) atoms. The van der Waals surface area contributed by atoms with Gasteiger partial charge in [0.25, 0.3) is 0 Å². The molecule has 0 atom stereocenters. The van der Waals surface area contributed by atoms with Crippen molar-refractivity contribution >= 4 is 54.4 Å². The van der Waals surface area contributed by atoms with Crippen molar-refractivity contribution in [1.82, 2.24) is 19.1 Å². The van der Waals surface area contributed by atoms with Crippen molar-refractivity contribution in [3.8, 4) is 34.0 Å². The average molecular weight is 653 g/mol. The maximum atomic E-state index is 5.46. The van der Waals surface area contributed by atoms with Crippen molar-refractivity contribution in [2.45, 2.75) is 6.92 Å². The molecule has 240 valence electrons. The van der Waals surface area contributed by atoms with Gasteiger partial charge in [0, 0.05) is 28.2 Å². The predicted molar refractivity (Wildman–Crippen MR) is 213 cm³/mol. The summed E-state index contributed by atoms with van der Waals surface area (Å²) in [5.41, 5.74) is 10.8. The number of nitrogens with zero attached hydrogens (tertiary/aromatic N) is 4. The van der Waals surface area contributed by atoms with Gasteiger partial charge in [-0.2, -0.15) is 0 Å². The van der Waals surface area contributed by atoms with E-state index >= 15 is 0 Å². The predicted octanol–water partition coefficient (Wildman–Crippen LogP) is 12.0. The van der Waals surface area contributed by atoms with Crippen LogP contribution in [0.5, 0.6) is 0 Å². The summed E-state index contributed by atoms with van der Waals surface area (Å²) in [7, 11) is 0. The second-order valence-corrected chi connectivity index (χ2v) is 13.1. The summed E-state index contributed by atoms with van der Waals surface area (Å²) in [6, 6.07) is 60.4. The van der Waals surface area contributed by atoms with E-state index in [-0.39, 0.29) is 0 Å². The molecule has 0 aliphatic carbocycles. The Hall–Kier alpha value is -6.78. The Morgan fingerprint density at radius 1 is 0.471 bits per heavy atom. The van der Waals surface area contributed by atoms with E-state index in [1.807, 2.05) is 0 Å². The fraction of sp³-hybridized carbons (Fsp3) is 0.0213. The van der Waals surface area contributed by atoms with E-state index in [0.29, 0.717) is 5.95 Å². The van der Waals surface area contributed by atoms with Gasteiger partial charge in [0.15, 0.2) is 0 Å². The molecule has 10 aromatic rings. The molecule has 0 saturated heterocycles. The molecule has 0 fully saturated rings. The topological polar surface area (TPSA) is 35.6 Å². The summed E-state index contributed by atoms with van der Waals surface area (Å²) in [5, 5.41) is 6.91. The highest BCUT2D eigenvalue weighted by Crippen LogP contribution is 2.35. The summed E-state index contributed by atoms with van der Waals surface area (Å²) in [6.07, 6.45) is 2.16. The van der Waals surface area contributed by atoms with E-state index in [2.05, 4.69) is 192 Å². The van der Waals surface area contributed by atoms with Gasteiger partial charge < -0.3 is 4.57 Å². The van der Waals surface area contributed by atoms with Gasteiger partial charge in [0.05, 0.1) is 27.8 Å². The smallest absolute Gasteiger partial charge is 0.235 e. The van der Waals surface area contributed by atoms with Crippen molar-refractivity contribution in [1.29, 1.82) is 0 Å². The molecule has 0 radical (unpaired) electrons. The van der Waals surface area contributed by atoms with Crippen LogP contribution in [0.25, 0.3) is 88.4 Å². The largest absolute Gasteiger partial charge is 0.316 e. The van der Waals surface area contributed by atoms with Gasteiger partial charge in [0.2, 0.25) is 5.95 Å². The molecular formula is C47H32N4. The van der Waals surface area contributed by atoms with E-state index in [1.54, 1.807) is 0 Å². The number of hydrogen-bond acceptors (Lipinski definition) is 2. The molecular weight excluding hydrogens is 621 g/mol. The Morgan fingerprint density at radius 3 is 2.06 bits per heavy atom. The molecule has 4 bridgehead atoms. The Balaban J connectivity index is 1.25. The van der Waals surface area contributed by atoms with Gasteiger partial charge in [-0.1, -0.05) is 127 Å². The molecule has 0 amide bonds. The van der Waals surface area contributed by atoms with E-state index in [9.17, 15) is 0 Å². The SMILES string of the molecule is Cc1c2cccc1n(-c1nc(-c3ccc(-c4cccc5ccccc45)cc3)c3ccccc3n1)c1cc(cc2)cc2c1ccn2-c1ccccc1. The summed E-state index contributed by atoms with van der Waals surface area (Å²) < 4.78 is 4.52. The lowest BCUT2D eigenvalue weighted by Gasteiger charge is -2.16. The molecule has 4 heteroatoms. The highest BCUT2D eigenvalue weighted by atomic mass is 15.2. The fourth-order valence-corrected chi connectivity index (χ4v) is 7.60. The highest BCUT2D eigenvalue weighted by Gasteiger charge is 2.17. The average Bonchev–Trinajstić information content (AvgIpc) is 3.62. The second kappa shape index (κ2) is 11.7. The molecule has 3 heterocycles. The van der Waals surface area contributed by atoms with Crippen LogP contribution in [0.4, 0.5) is 0 Å². The van der Waals surface area contributed by atoms with Crippen LogP contribution in [-0.4, -0.2) is 19.1 Å². The molecule has 0 unspecified atom stereocenters. The van der Waals surface area contributed by atoms with Crippen LogP contribution in [0.3, 0.4) is 0 Å². The van der Waals surface area contributed by atoms with Crippen LogP contribution in [0.15, 0.2) is 176 Å². The number of rotatable bonds is 4. The van der Waals surface area contributed by atoms with E-state index in [4.69, 9.17) is 9.97 Å². The maximum absolute atomic E-state index is 5.46. The van der Waals surface area contributed by atoms with Gasteiger partial charge in [-0.15, -0.1) is 0 Å². The Kier molecular flexibility index (Phi) is 6.68. The third-order valence-electron chi connectivity index (χ3n) is 10.2. The first kappa shape index (κ1) is 29.2. The van der Waals surface area contributed by atoms with Crippen LogP contribution in [0.1, 0.15) is 5.56 Å². The third kappa shape index (κ3) is 4.84. The Morgan fingerprint density at radius 2 is 1.18 bits per heavy atom. The van der Waals surface area contributed by atoms with Gasteiger partial charge in [-0.25, -0.2) is 9.97 Å². The van der Waals surface area contributed by atoms with Crippen molar-refractivity contribution in [3.05, 3.63) is 182 Å². The van der Waals surface area contributed by atoms with E-state index in [0.717, 1.165) is 55.2 Å². The first-order valence-corrected chi connectivity index (χ1v) is 17.3. The van der Waals surface area contributed by atoms with E-state index in [1.165, 1.54) is 32.8 Å². The second-order valence-electron chi connectivity index (χ2n) is 13.1. The highest BCUT2D eigenvalue weighted by molar-refractivity contribution is 6.02. The number of hydrogen-bond donors (Lipinski definition) is 0. The quantitative estimate of drug-likeness (QED) is 0.190. The Bertz CT molecular complexity index is 2960. The lowest BCUT2D eigenvalue weighted by atomic mass is 9.96. The van der Waals surface area contributed by atoms with Crippen LogP contribution in [0, 0.1) is 6.92 Å². The molecule has 0 spiro atoms. The molecule has 0 aliphatic heterocycles. The molecule has 0 saturated carbocycles. The summed E-state index contributed by atoms with van der Waals surface area (Å²) in [5.74, 6) is 0.634. The number of benzene rings is 7. The molecule has 0 N–H and O–H groups in total. The zero-order valence-corrected chi connectivity index (χ0v) is 28.0. The van der Waals surface area contributed by atoms with Crippen LogP contribution < -0.4 is 0 Å². The fourth-order valence-electron chi connectivity index (χ4n) is 7.60. The summed E-state index contributed by atoms with van der Waals surface area (Å²) in [4.78, 5) is 10.8. The van der Waals surface area contributed by atoms with Crippen molar-refractivity contribution in [2.24, 2.45) is 0 Å². The minimum absolute atomic E-state index is 0.634. The van der Waals surface area contributed by atoms with Crippen molar-refractivity contribution in [3.63, 3.8) is 0 Å². The molecule has 10 rings (SSSR count). The molecule has 4 nitrogen and oxygen atoms in total. The number of aryl methyl sites for hydroxylation is 1. The standard InChI is InChI=1S/C47H32N4/c1-31-33-12-10-20-43(31)51(45-30-32(21-22-33)29-44-41(45)27-28-50(44)37-14-3-2-4-15-37)47-48-42-19-8-7-17-40(42)46(49-47)36-25-23-35(24-26-36)39-18-9-13-34-11-5-6-16-38(34)39/h2-30H,1H3. The summed E-state index contributed by atoms with van der Waals surface area (Å²) in [6.45, 7) is 2.19. The van der Waals surface area contributed by atoms with Crippen LogP contribution >= 0.6 is 0 Å². The minimum atomic E-state index is 0.634. The normalized spacial score (nSPS) is 11.6. The van der Waals surface area contributed by atoms with Gasteiger partial charge in [-0.3, -0.25) is 4.57 Å². The molecule has 0 aliphatic rings. The Labute approximate surface area is 295 Å². The third-order valence-corrected chi connectivity index (χ3v) is 10.2. The first-order valence-electron chi connectivity index (χ1n) is 17.3. The number of aromatic nitrogens is 4. The van der Waals surface area contributed by atoms with Crippen LogP contribution in [-0.2, 0) is 0 Å². The summed E-state index contributed by atoms with van der Waals surface area (Å²) >= 11 is 0. The maximum Gasteiger partial charge on any atom is 0.235 e. The number of fused-ring (bicyclic) bond motifs is 8. The van der Waals surface area contributed by atoms with Gasteiger partial charge in [-0.05, 0) is 87.6 Å². The monoisotopic (exact) mass is 652 g/mol. The zero-order chi connectivity index (χ0) is 33.9. The molecule has 7 aromatic carbocycles. The lowest BCUT2D eigenvalue weighted by molar-refractivity contribution is 1.00.